The number of carbonyl (C=O) groups is 3. The molecular weight excluding hydrogens is 494 g/mol. The first kappa shape index (κ1) is 23.7. The molecule has 6 nitrogen and oxygen atoms in total. The number of nitrogens with one attached hydrogen (secondary N) is 2. The molecule has 0 radical (unpaired) electrons. The highest BCUT2D eigenvalue weighted by atomic mass is 79.9. The van der Waals surface area contributed by atoms with Crippen LogP contribution in [0.15, 0.2) is 65.1 Å². The second-order valence-electron chi connectivity index (χ2n) is 8.64. The first-order chi connectivity index (χ1) is 16.2. The number of hydrogen-bond donors (Lipinski definition) is 2. The zero-order chi connectivity index (χ0) is 24.4. The molecule has 0 saturated carbocycles. The van der Waals surface area contributed by atoms with Crippen molar-refractivity contribution in [3.63, 3.8) is 0 Å². The van der Waals surface area contributed by atoms with Crippen LogP contribution in [0.2, 0.25) is 0 Å². The standard InChI is InChI=1S/C27H26BrN3O3/c1-16-12-17(2)25(18(3)13-16)30-27(34)22-6-4-5-7-23(22)29-26(33)19-14-24(32)31(15-19)21-10-8-20(28)9-11-21/h4-13,19H,14-15H2,1-3H3,(H,29,33)(H,30,34). The van der Waals surface area contributed by atoms with E-state index >= 15 is 0 Å². The molecule has 0 spiro atoms. The Labute approximate surface area is 207 Å². The van der Waals surface area contributed by atoms with Crippen molar-refractivity contribution < 1.29 is 14.4 Å². The predicted molar refractivity (Wildman–Crippen MR) is 138 cm³/mol. The number of nitrogens with zero attached hydrogens (tertiary/aromatic N) is 1. The van der Waals surface area contributed by atoms with E-state index in [1.165, 1.54) is 0 Å². The summed E-state index contributed by atoms with van der Waals surface area (Å²) in [5.74, 6) is -1.19. The molecule has 0 bridgehead atoms. The maximum absolute atomic E-state index is 13.1. The van der Waals surface area contributed by atoms with Crippen molar-refractivity contribution >= 4 is 50.7 Å². The van der Waals surface area contributed by atoms with Gasteiger partial charge in [-0.1, -0.05) is 45.8 Å². The van der Waals surface area contributed by atoms with E-state index in [2.05, 4.69) is 26.6 Å². The van der Waals surface area contributed by atoms with Gasteiger partial charge in [0.15, 0.2) is 0 Å². The van der Waals surface area contributed by atoms with Crippen LogP contribution >= 0.6 is 15.9 Å². The molecule has 3 aromatic carbocycles. The third-order valence-electron chi connectivity index (χ3n) is 5.98. The topological polar surface area (TPSA) is 78.5 Å². The summed E-state index contributed by atoms with van der Waals surface area (Å²) in [5, 5.41) is 5.86. The van der Waals surface area contributed by atoms with Crippen molar-refractivity contribution in [1.29, 1.82) is 0 Å². The Kier molecular flexibility index (Phi) is 6.84. The molecule has 4 rings (SSSR count). The van der Waals surface area contributed by atoms with Crippen molar-refractivity contribution in [2.75, 3.05) is 22.1 Å². The van der Waals surface area contributed by atoms with Crippen molar-refractivity contribution in [1.82, 2.24) is 0 Å². The summed E-state index contributed by atoms with van der Waals surface area (Å²) in [7, 11) is 0. The number of amides is 3. The van der Waals surface area contributed by atoms with E-state index in [0.717, 1.165) is 32.5 Å². The molecule has 7 heteroatoms. The van der Waals surface area contributed by atoms with Crippen LogP contribution in [0.4, 0.5) is 17.1 Å². The summed E-state index contributed by atoms with van der Waals surface area (Å²) in [4.78, 5) is 40.3. The average molecular weight is 520 g/mol. The lowest BCUT2D eigenvalue weighted by atomic mass is 10.0. The van der Waals surface area contributed by atoms with Crippen LogP contribution in [0.1, 0.15) is 33.5 Å². The smallest absolute Gasteiger partial charge is 0.257 e. The van der Waals surface area contributed by atoms with E-state index in [4.69, 9.17) is 0 Å². The van der Waals surface area contributed by atoms with Crippen LogP contribution in [0.3, 0.4) is 0 Å². The molecule has 1 saturated heterocycles. The van der Waals surface area contributed by atoms with Gasteiger partial charge in [0.05, 0.1) is 17.2 Å². The normalized spacial score (nSPS) is 15.4. The second-order valence-corrected chi connectivity index (χ2v) is 9.56. The molecule has 3 aromatic rings. The van der Waals surface area contributed by atoms with Gasteiger partial charge in [-0.2, -0.15) is 0 Å². The van der Waals surface area contributed by atoms with Crippen LogP contribution in [0.5, 0.6) is 0 Å². The van der Waals surface area contributed by atoms with E-state index in [1.807, 2.05) is 57.2 Å². The molecular formula is C27H26BrN3O3. The number of aryl methyl sites for hydroxylation is 3. The Balaban J connectivity index is 1.49. The van der Waals surface area contributed by atoms with Gasteiger partial charge in [0.25, 0.3) is 5.91 Å². The Morgan fingerprint density at radius 1 is 0.941 bits per heavy atom. The quantitative estimate of drug-likeness (QED) is 0.459. The SMILES string of the molecule is Cc1cc(C)c(NC(=O)c2ccccc2NC(=O)C2CC(=O)N(c3ccc(Br)cc3)C2)c(C)c1. The third kappa shape index (κ3) is 5.04. The monoisotopic (exact) mass is 519 g/mol. The molecule has 1 aliphatic rings. The van der Waals surface area contributed by atoms with Crippen molar-refractivity contribution in [3.05, 3.63) is 87.4 Å². The fourth-order valence-corrected chi connectivity index (χ4v) is 4.60. The summed E-state index contributed by atoms with van der Waals surface area (Å²) in [5.41, 5.74) is 5.39. The summed E-state index contributed by atoms with van der Waals surface area (Å²) in [6.45, 7) is 6.22. The van der Waals surface area contributed by atoms with Gasteiger partial charge in [0, 0.05) is 28.8 Å². The molecule has 2 N–H and O–H groups in total. The molecule has 174 valence electrons. The Hall–Kier alpha value is -3.45. The minimum atomic E-state index is -0.506. The molecule has 0 aromatic heterocycles. The van der Waals surface area contributed by atoms with Gasteiger partial charge in [-0.05, 0) is 68.3 Å². The molecule has 0 aliphatic carbocycles. The first-order valence-corrected chi connectivity index (χ1v) is 11.9. The van der Waals surface area contributed by atoms with E-state index in [0.29, 0.717) is 17.8 Å². The number of hydrogen-bond acceptors (Lipinski definition) is 3. The summed E-state index contributed by atoms with van der Waals surface area (Å²) in [6, 6.07) is 18.4. The minimum absolute atomic E-state index is 0.0983. The van der Waals surface area contributed by atoms with Gasteiger partial charge in [0.2, 0.25) is 11.8 Å². The lowest BCUT2D eigenvalue weighted by Gasteiger charge is -2.18. The number of carbonyl (C=O) groups excluding carboxylic acids is 3. The van der Waals surface area contributed by atoms with Gasteiger partial charge in [-0.15, -0.1) is 0 Å². The second kappa shape index (κ2) is 9.81. The Morgan fingerprint density at radius 2 is 1.59 bits per heavy atom. The molecule has 34 heavy (non-hydrogen) atoms. The minimum Gasteiger partial charge on any atom is -0.325 e. The molecule has 3 amide bonds. The Morgan fingerprint density at radius 3 is 2.26 bits per heavy atom. The molecule has 1 atom stereocenters. The van der Waals surface area contributed by atoms with Crippen LogP contribution in [0, 0.1) is 26.7 Å². The summed E-state index contributed by atoms with van der Waals surface area (Å²) >= 11 is 3.39. The Bertz CT molecular complexity index is 1250. The lowest BCUT2D eigenvalue weighted by Crippen LogP contribution is -2.28. The van der Waals surface area contributed by atoms with Crippen LogP contribution in [-0.4, -0.2) is 24.3 Å². The van der Waals surface area contributed by atoms with Gasteiger partial charge in [0.1, 0.15) is 0 Å². The van der Waals surface area contributed by atoms with E-state index < -0.39 is 5.92 Å². The van der Waals surface area contributed by atoms with Crippen molar-refractivity contribution in [2.45, 2.75) is 27.2 Å². The van der Waals surface area contributed by atoms with Crippen LogP contribution < -0.4 is 15.5 Å². The number of benzene rings is 3. The fraction of sp³-hybridized carbons (Fsp3) is 0.222. The maximum Gasteiger partial charge on any atom is 0.257 e. The van der Waals surface area contributed by atoms with Crippen molar-refractivity contribution in [2.24, 2.45) is 5.92 Å². The summed E-state index contributed by atoms with van der Waals surface area (Å²) in [6.07, 6.45) is 0.123. The number of anilines is 3. The highest BCUT2D eigenvalue weighted by molar-refractivity contribution is 9.10. The highest BCUT2D eigenvalue weighted by Crippen LogP contribution is 2.28. The average Bonchev–Trinajstić information content (AvgIpc) is 3.18. The predicted octanol–water partition coefficient (Wildman–Crippen LogP) is 5.62. The molecule has 1 fully saturated rings. The number of para-hydroxylation sites is 1. The zero-order valence-corrected chi connectivity index (χ0v) is 20.9. The van der Waals surface area contributed by atoms with E-state index in [1.54, 1.807) is 29.2 Å². The van der Waals surface area contributed by atoms with E-state index in [-0.39, 0.29) is 24.1 Å². The van der Waals surface area contributed by atoms with Gasteiger partial charge in [-0.3, -0.25) is 14.4 Å². The fourth-order valence-electron chi connectivity index (χ4n) is 4.34. The van der Waals surface area contributed by atoms with Crippen LogP contribution in [0.25, 0.3) is 0 Å². The van der Waals surface area contributed by atoms with Crippen LogP contribution in [-0.2, 0) is 9.59 Å². The van der Waals surface area contributed by atoms with Gasteiger partial charge in [-0.25, -0.2) is 0 Å². The molecule has 1 aliphatic heterocycles. The zero-order valence-electron chi connectivity index (χ0n) is 19.3. The third-order valence-corrected chi connectivity index (χ3v) is 6.51. The van der Waals surface area contributed by atoms with Gasteiger partial charge >= 0.3 is 0 Å². The van der Waals surface area contributed by atoms with E-state index in [9.17, 15) is 14.4 Å². The molecule has 1 heterocycles. The summed E-state index contributed by atoms with van der Waals surface area (Å²) < 4.78 is 0.920. The largest absolute Gasteiger partial charge is 0.325 e. The first-order valence-electron chi connectivity index (χ1n) is 11.1. The maximum atomic E-state index is 13.1. The number of halogens is 1. The number of rotatable bonds is 5. The lowest BCUT2D eigenvalue weighted by molar-refractivity contribution is -0.122. The van der Waals surface area contributed by atoms with Crippen molar-refractivity contribution in [3.8, 4) is 0 Å². The molecule has 1 unspecified atom stereocenters. The highest BCUT2D eigenvalue weighted by Gasteiger charge is 2.35. The van der Waals surface area contributed by atoms with Gasteiger partial charge < -0.3 is 15.5 Å².